The highest BCUT2D eigenvalue weighted by atomic mass is 19.1. The molecule has 1 rings (SSSR count). The molecule has 17 heavy (non-hydrogen) atoms. The zero-order chi connectivity index (χ0) is 12.8. The second kappa shape index (κ2) is 6.18. The highest BCUT2D eigenvalue weighted by molar-refractivity contribution is 5.50. The summed E-state index contributed by atoms with van der Waals surface area (Å²) in [5.74, 6) is -0.0882. The Labute approximate surface area is 100.0 Å². The van der Waals surface area contributed by atoms with E-state index in [1.165, 1.54) is 12.1 Å². The van der Waals surface area contributed by atoms with E-state index in [4.69, 9.17) is 0 Å². The summed E-state index contributed by atoms with van der Waals surface area (Å²) in [5, 5.41) is 13.4. The monoisotopic (exact) mass is 240 g/mol. The lowest BCUT2D eigenvalue weighted by Gasteiger charge is -2.14. The van der Waals surface area contributed by atoms with Crippen LogP contribution in [-0.2, 0) is 0 Å². The molecule has 1 aromatic rings. The molecule has 0 saturated carbocycles. The lowest BCUT2D eigenvalue weighted by atomic mass is 10.0. The fourth-order valence-electron chi connectivity index (χ4n) is 1.59. The summed E-state index contributed by atoms with van der Waals surface area (Å²) in [7, 11) is 0. The van der Waals surface area contributed by atoms with Crippen molar-refractivity contribution in [3.63, 3.8) is 0 Å². The number of nitro groups is 1. The van der Waals surface area contributed by atoms with Crippen LogP contribution >= 0.6 is 0 Å². The van der Waals surface area contributed by atoms with Crippen molar-refractivity contribution in [2.45, 2.75) is 26.7 Å². The van der Waals surface area contributed by atoms with Gasteiger partial charge in [-0.2, -0.15) is 0 Å². The van der Waals surface area contributed by atoms with Crippen molar-refractivity contribution in [3.8, 4) is 0 Å². The van der Waals surface area contributed by atoms with Gasteiger partial charge in [0.15, 0.2) is 5.82 Å². The number of nitrogens with one attached hydrogen (secondary N) is 1. The van der Waals surface area contributed by atoms with Gasteiger partial charge in [-0.1, -0.05) is 26.7 Å². The van der Waals surface area contributed by atoms with Crippen molar-refractivity contribution in [1.82, 2.24) is 0 Å². The molecule has 0 radical (unpaired) electrons. The SMILES string of the molecule is CCC(CC)CNc1ccc([N+](=O)[O-])cc1F. The van der Waals surface area contributed by atoms with Crippen LogP contribution in [0.15, 0.2) is 18.2 Å². The van der Waals surface area contributed by atoms with Gasteiger partial charge in [0.1, 0.15) is 0 Å². The molecule has 0 heterocycles. The van der Waals surface area contributed by atoms with Crippen LogP contribution in [0.5, 0.6) is 0 Å². The molecule has 0 amide bonds. The van der Waals surface area contributed by atoms with Crippen LogP contribution in [-0.4, -0.2) is 11.5 Å². The normalized spacial score (nSPS) is 10.6. The van der Waals surface area contributed by atoms with Crippen LogP contribution < -0.4 is 5.32 Å². The van der Waals surface area contributed by atoms with Gasteiger partial charge in [0.25, 0.3) is 5.69 Å². The number of benzene rings is 1. The lowest BCUT2D eigenvalue weighted by molar-refractivity contribution is -0.385. The molecule has 0 unspecified atom stereocenters. The van der Waals surface area contributed by atoms with Gasteiger partial charge in [0.2, 0.25) is 0 Å². The van der Waals surface area contributed by atoms with Crippen molar-refractivity contribution in [3.05, 3.63) is 34.1 Å². The fourth-order valence-corrected chi connectivity index (χ4v) is 1.59. The number of rotatable bonds is 6. The molecule has 0 spiro atoms. The van der Waals surface area contributed by atoms with Crippen LogP contribution in [0.1, 0.15) is 26.7 Å². The minimum absolute atomic E-state index is 0.226. The van der Waals surface area contributed by atoms with Gasteiger partial charge in [0, 0.05) is 12.6 Å². The first-order chi connectivity index (χ1) is 8.08. The minimum Gasteiger partial charge on any atom is -0.382 e. The molecule has 0 aliphatic rings. The molecule has 0 atom stereocenters. The topological polar surface area (TPSA) is 55.2 Å². The summed E-state index contributed by atoms with van der Waals surface area (Å²) in [5.41, 5.74) is 0.0954. The maximum Gasteiger partial charge on any atom is 0.272 e. The third-order valence-corrected chi connectivity index (χ3v) is 2.90. The van der Waals surface area contributed by atoms with E-state index in [0.717, 1.165) is 18.9 Å². The number of hydrogen-bond acceptors (Lipinski definition) is 3. The van der Waals surface area contributed by atoms with Gasteiger partial charge in [-0.25, -0.2) is 4.39 Å². The molecule has 94 valence electrons. The van der Waals surface area contributed by atoms with Crippen LogP contribution in [0.2, 0.25) is 0 Å². The quantitative estimate of drug-likeness (QED) is 0.610. The minimum atomic E-state index is -0.603. The Morgan fingerprint density at radius 1 is 1.41 bits per heavy atom. The molecule has 0 saturated heterocycles. The molecule has 0 aromatic heterocycles. The smallest absolute Gasteiger partial charge is 0.272 e. The van der Waals surface area contributed by atoms with Crippen molar-refractivity contribution in [2.24, 2.45) is 5.92 Å². The maximum absolute atomic E-state index is 13.5. The molecule has 1 N–H and O–H groups in total. The summed E-state index contributed by atoms with van der Waals surface area (Å²) in [6, 6.07) is 3.66. The van der Waals surface area contributed by atoms with E-state index in [1.807, 2.05) is 0 Å². The van der Waals surface area contributed by atoms with E-state index < -0.39 is 10.7 Å². The molecule has 5 heteroatoms. The van der Waals surface area contributed by atoms with E-state index in [-0.39, 0.29) is 5.69 Å². The van der Waals surface area contributed by atoms with Gasteiger partial charge in [0.05, 0.1) is 16.7 Å². The number of halogens is 1. The van der Waals surface area contributed by atoms with Crippen LogP contribution in [0.25, 0.3) is 0 Å². The molecule has 0 bridgehead atoms. The summed E-state index contributed by atoms with van der Waals surface area (Å²) in [4.78, 5) is 9.84. The molecule has 0 aliphatic heterocycles. The van der Waals surface area contributed by atoms with Crippen molar-refractivity contribution in [2.75, 3.05) is 11.9 Å². The Balaban J connectivity index is 2.69. The first-order valence-corrected chi connectivity index (χ1v) is 5.76. The standard InChI is InChI=1S/C12H17FN2O2/c1-3-9(4-2)8-14-12-6-5-10(15(16)17)7-11(12)13/h5-7,9,14H,3-4,8H2,1-2H3. The lowest BCUT2D eigenvalue weighted by Crippen LogP contribution is -2.13. The fraction of sp³-hybridized carbons (Fsp3) is 0.500. The molecule has 4 nitrogen and oxygen atoms in total. The highest BCUT2D eigenvalue weighted by Crippen LogP contribution is 2.21. The Morgan fingerprint density at radius 2 is 2.06 bits per heavy atom. The first-order valence-electron chi connectivity index (χ1n) is 5.76. The summed E-state index contributed by atoms with van der Waals surface area (Å²) >= 11 is 0. The Bertz CT molecular complexity index is 392. The first kappa shape index (κ1) is 13.4. The molecular formula is C12H17FN2O2. The van der Waals surface area contributed by atoms with Crippen molar-refractivity contribution in [1.29, 1.82) is 0 Å². The number of anilines is 1. The van der Waals surface area contributed by atoms with E-state index in [9.17, 15) is 14.5 Å². The second-order valence-electron chi connectivity index (χ2n) is 3.98. The van der Waals surface area contributed by atoms with Gasteiger partial charge in [-0.3, -0.25) is 10.1 Å². The van der Waals surface area contributed by atoms with Crippen LogP contribution in [0, 0.1) is 21.8 Å². The van der Waals surface area contributed by atoms with Gasteiger partial charge in [-0.05, 0) is 12.0 Å². The molecular weight excluding hydrogens is 223 g/mol. The van der Waals surface area contributed by atoms with Crippen LogP contribution in [0.4, 0.5) is 15.8 Å². The number of nitrogens with zero attached hydrogens (tertiary/aromatic N) is 1. The maximum atomic E-state index is 13.5. The van der Waals surface area contributed by atoms with Crippen LogP contribution in [0.3, 0.4) is 0 Å². The van der Waals surface area contributed by atoms with E-state index in [1.54, 1.807) is 0 Å². The molecule has 0 aliphatic carbocycles. The zero-order valence-corrected chi connectivity index (χ0v) is 10.1. The van der Waals surface area contributed by atoms with E-state index >= 15 is 0 Å². The molecule has 0 fully saturated rings. The predicted molar refractivity (Wildman–Crippen MR) is 65.6 cm³/mol. The Morgan fingerprint density at radius 3 is 2.53 bits per heavy atom. The number of nitro benzene ring substituents is 1. The third kappa shape index (κ3) is 3.69. The third-order valence-electron chi connectivity index (χ3n) is 2.90. The second-order valence-corrected chi connectivity index (χ2v) is 3.98. The summed E-state index contributed by atoms with van der Waals surface area (Å²) < 4.78 is 13.5. The Hall–Kier alpha value is -1.65. The average Bonchev–Trinajstić information content (AvgIpc) is 2.31. The highest BCUT2D eigenvalue weighted by Gasteiger charge is 2.11. The van der Waals surface area contributed by atoms with E-state index in [2.05, 4.69) is 19.2 Å². The predicted octanol–water partition coefficient (Wildman–Crippen LogP) is 3.58. The van der Waals surface area contributed by atoms with E-state index in [0.29, 0.717) is 18.2 Å². The molecule has 1 aromatic carbocycles. The zero-order valence-electron chi connectivity index (χ0n) is 10.1. The van der Waals surface area contributed by atoms with Gasteiger partial charge in [-0.15, -0.1) is 0 Å². The number of hydrogen-bond donors (Lipinski definition) is 1. The number of non-ortho nitro benzene ring substituents is 1. The van der Waals surface area contributed by atoms with Crippen molar-refractivity contribution < 1.29 is 9.31 Å². The summed E-state index contributed by atoms with van der Waals surface area (Å²) in [6.45, 7) is 4.85. The summed E-state index contributed by atoms with van der Waals surface area (Å²) in [6.07, 6.45) is 2.05. The Kier molecular flexibility index (Phi) is 4.87. The largest absolute Gasteiger partial charge is 0.382 e. The van der Waals surface area contributed by atoms with Crippen molar-refractivity contribution >= 4 is 11.4 Å². The van der Waals surface area contributed by atoms with Gasteiger partial charge < -0.3 is 5.32 Å². The average molecular weight is 240 g/mol. The van der Waals surface area contributed by atoms with Gasteiger partial charge >= 0.3 is 0 Å².